The third kappa shape index (κ3) is 2.48. The molecule has 0 aliphatic carbocycles. The van der Waals surface area contributed by atoms with Gasteiger partial charge in [-0.1, -0.05) is 30.3 Å². The van der Waals surface area contributed by atoms with Crippen LogP contribution in [0.4, 0.5) is 0 Å². The van der Waals surface area contributed by atoms with Crippen molar-refractivity contribution in [2.45, 2.75) is 20.4 Å². The largest absolute Gasteiger partial charge is 0.497 e. The molecule has 4 rings (SSSR count). The Bertz CT molecular complexity index is 1120. The van der Waals surface area contributed by atoms with E-state index in [0.29, 0.717) is 0 Å². The summed E-state index contributed by atoms with van der Waals surface area (Å²) in [4.78, 5) is 11.5. The summed E-state index contributed by atoms with van der Waals surface area (Å²) in [5.74, 6) is 0.824. The second-order valence-electron chi connectivity index (χ2n) is 6.70. The summed E-state index contributed by atoms with van der Waals surface area (Å²) in [6, 6.07) is 18.6. The molecule has 0 atom stereocenters. The molecule has 0 aliphatic rings. The number of hydrogen-bond donors (Lipinski definition) is 0. The monoisotopic (exact) mass is 343 g/mol. The Labute approximate surface area is 152 Å². The van der Waals surface area contributed by atoms with Crippen LogP contribution < -0.4 is 4.74 Å². The number of aldehydes is 1. The van der Waals surface area contributed by atoms with Gasteiger partial charge in [0.15, 0.2) is 0 Å². The highest BCUT2D eigenvalue weighted by Gasteiger charge is 2.17. The van der Waals surface area contributed by atoms with E-state index in [1.165, 1.54) is 11.1 Å². The van der Waals surface area contributed by atoms with Gasteiger partial charge in [-0.2, -0.15) is 0 Å². The fourth-order valence-electron chi connectivity index (χ4n) is 3.86. The standard InChI is InChI=1S/C23H21NO2/c1-15-11-18(14-25)16(2)22-20-12-19(26-3)9-10-21(20)24(23(15)22)13-17-7-5-4-6-8-17/h4-12,14H,13H2,1-3H3. The Morgan fingerprint density at radius 3 is 2.50 bits per heavy atom. The summed E-state index contributed by atoms with van der Waals surface area (Å²) in [5.41, 5.74) is 6.46. The molecule has 3 aromatic carbocycles. The van der Waals surface area contributed by atoms with E-state index in [4.69, 9.17) is 4.74 Å². The number of methoxy groups -OCH3 is 1. The fourth-order valence-corrected chi connectivity index (χ4v) is 3.86. The van der Waals surface area contributed by atoms with Crippen LogP contribution in [0.5, 0.6) is 5.75 Å². The van der Waals surface area contributed by atoms with Crippen LogP contribution >= 0.6 is 0 Å². The van der Waals surface area contributed by atoms with Gasteiger partial charge in [-0.15, -0.1) is 0 Å². The Morgan fingerprint density at radius 1 is 1.04 bits per heavy atom. The molecule has 4 aromatic rings. The van der Waals surface area contributed by atoms with Crippen LogP contribution in [0.1, 0.15) is 27.0 Å². The van der Waals surface area contributed by atoms with E-state index < -0.39 is 0 Å². The number of fused-ring (bicyclic) bond motifs is 3. The molecule has 0 bridgehead atoms. The van der Waals surface area contributed by atoms with Gasteiger partial charge in [-0.25, -0.2) is 0 Å². The van der Waals surface area contributed by atoms with Gasteiger partial charge in [0.2, 0.25) is 0 Å². The maximum absolute atomic E-state index is 11.5. The second kappa shape index (κ2) is 6.34. The minimum atomic E-state index is 0.747. The Balaban J connectivity index is 2.12. The number of aromatic nitrogens is 1. The highest BCUT2D eigenvalue weighted by Crippen LogP contribution is 2.37. The number of aryl methyl sites for hydroxylation is 2. The van der Waals surface area contributed by atoms with Crippen molar-refractivity contribution < 1.29 is 9.53 Å². The van der Waals surface area contributed by atoms with Gasteiger partial charge in [0.1, 0.15) is 12.0 Å². The summed E-state index contributed by atoms with van der Waals surface area (Å²) in [7, 11) is 1.68. The first-order valence-electron chi connectivity index (χ1n) is 8.73. The van der Waals surface area contributed by atoms with E-state index in [1.54, 1.807) is 7.11 Å². The first kappa shape index (κ1) is 16.4. The summed E-state index contributed by atoms with van der Waals surface area (Å²) < 4.78 is 7.79. The number of carbonyl (C=O) groups excluding carboxylic acids is 1. The Hall–Kier alpha value is -3.07. The lowest BCUT2D eigenvalue weighted by atomic mass is 9.99. The normalized spacial score (nSPS) is 11.2. The highest BCUT2D eigenvalue weighted by atomic mass is 16.5. The van der Waals surface area contributed by atoms with Crippen molar-refractivity contribution in [3.8, 4) is 5.75 Å². The summed E-state index contributed by atoms with van der Waals surface area (Å²) in [6.45, 7) is 4.89. The molecule has 3 heteroatoms. The predicted octanol–water partition coefficient (Wildman–Crippen LogP) is 5.28. The quantitative estimate of drug-likeness (QED) is 0.472. The van der Waals surface area contributed by atoms with Crippen molar-refractivity contribution in [2.24, 2.45) is 0 Å². The second-order valence-corrected chi connectivity index (χ2v) is 6.70. The van der Waals surface area contributed by atoms with Gasteiger partial charge in [-0.05, 0) is 54.8 Å². The molecule has 1 heterocycles. The zero-order valence-corrected chi connectivity index (χ0v) is 15.2. The van der Waals surface area contributed by atoms with Crippen molar-refractivity contribution in [3.63, 3.8) is 0 Å². The van der Waals surface area contributed by atoms with Gasteiger partial charge in [0.05, 0.1) is 12.6 Å². The average molecular weight is 343 g/mol. The van der Waals surface area contributed by atoms with E-state index in [0.717, 1.165) is 51.6 Å². The fraction of sp³-hybridized carbons (Fsp3) is 0.174. The number of hydrogen-bond acceptors (Lipinski definition) is 2. The number of benzene rings is 3. The maximum atomic E-state index is 11.5. The van der Waals surface area contributed by atoms with E-state index in [1.807, 2.05) is 25.1 Å². The van der Waals surface area contributed by atoms with Gasteiger partial charge in [0, 0.05) is 28.4 Å². The number of nitrogens with zero attached hydrogens (tertiary/aromatic N) is 1. The van der Waals surface area contributed by atoms with Gasteiger partial charge in [0.25, 0.3) is 0 Å². The Morgan fingerprint density at radius 2 is 1.81 bits per heavy atom. The van der Waals surface area contributed by atoms with Crippen LogP contribution in [-0.4, -0.2) is 18.0 Å². The van der Waals surface area contributed by atoms with Crippen LogP contribution in [-0.2, 0) is 6.54 Å². The van der Waals surface area contributed by atoms with Crippen LogP contribution in [0.25, 0.3) is 21.8 Å². The van der Waals surface area contributed by atoms with Gasteiger partial charge in [-0.3, -0.25) is 4.79 Å². The zero-order chi connectivity index (χ0) is 18.3. The molecule has 3 nitrogen and oxygen atoms in total. The molecule has 0 aliphatic heterocycles. The zero-order valence-electron chi connectivity index (χ0n) is 15.2. The van der Waals surface area contributed by atoms with Gasteiger partial charge < -0.3 is 9.30 Å². The third-order valence-electron chi connectivity index (χ3n) is 5.13. The number of rotatable bonds is 4. The van der Waals surface area contributed by atoms with Crippen molar-refractivity contribution in [3.05, 3.63) is 76.9 Å². The topological polar surface area (TPSA) is 31.2 Å². The first-order chi connectivity index (χ1) is 12.6. The van der Waals surface area contributed by atoms with Crippen molar-refractivity contribution >= 4 is 28.1 Å². The smallest absolute Gasteiger partial charge is 0.150 e. The average Bonchev–Trinajstić information content (AvgIpc) is 2.99. The molecule has 1 aromatic heterocycles. The van der Waals surface area contributed by atoms with Crippen molar-refractivity contribution in [1.29, 1.82) is 0 Å². The van der Waals surface area contributed by atoms with E-state index >= 15 is 0 Å². The molecule has 130 valence electrons. The molecule has 0 spiro atoms. The number of carbonyl (C=O) groups is 1. The van der Waals surface area contributed by atoms with Crippen molar-refractivity contribution in [1.82, 2.24) is 4.57 Å². The van der Waals surface area contributed by atoms with Gasteiger partial charge >= 0.3 is 0 Å². The minimum absolute atomic E-state index is 0.747. The highest BCUT2D eigenvalue weighted by molar-refractivity contribution is 6.13. The lowest BCUT2D eigenvalue weighted by Gasteiger charge is -2.11. The predicted molar refractivity (Wildman–Crippen MR) is 106 cm³/mol. The third-order valence-corrected chi connectivity index (χ3v) is 5.13. The summed E-state index contributed by atoms with van der Waals surface area (Å²) in [6.07, 6.45) is 0.947. The molecule has 0 saturated carbocycles. The minimum Gasteiger partial charge on any atom is -0.497 e. The Kier molecular flexibility index (Phi) is 4.00. The van der Waals surface area contributed by atoms with Crippen LogP contribution in [0.2, 0.25) is 0 Å². The lowest BCUT2D eigenvalue weighted by Crippen LogP contribution is -2.01. The molecular weight excluding hydrogens is 322 g/mol. The molecular formula is C23H21NO2. The van der Waals surface area contributed by atoms with Crippen LogP contribution in [0.15, 0.2) is 54.6 Å². The van der Waals surface area contributed by atoms with E-state index in [2.05, 4.69) is 47.9 Å². The molecule has 0 amide bonds. The first-order valence-corrected chi connectivity index (χ1v) is 8.73. The van der Waals surface area contributed by atoms with Crippen LogP contribution in [0, 0.1) is 13.8 Å². The molecule has 26 heavy (non-hydrogen) atoms. The van der Waals surface area contributed by atoms with E-state index in [-0.39, 0.29) is 0 Å². The summed E-state index contributed by atoms with van der Waals surface area (Å²) >= 11 is 0. The SMILES string of the molecule is COc1ccc2c(c1)c1c(C)c(C=O)cc(C)c1n2Cc1ccccc1. The van der Waals surface area contributed by atoms with Crippen LogP contribution in [0.3, 0.4) is 0 Å². The molecule has 0 saturated heterocycles. The summed E-state index contributed by atoms with van der Waals surface area (Å²) in [5, 5.41) is 2.26. The van der Waals surface area contributed by atoms with Crippen molar-refractivity contribution in [2.75, 3.05) is 7.11 Å². The lowest BCUT2D eigenvalue weighted by molar-refractivity contribution is 0.112. The number of ether oxygens (including phenoxy) is 1. The maximum Gasteiger partial charge on any atom is 0.150 e. The molecule has 0 fully saturated rings. The molecule has 0 radical (unpaired) electrons. The van der Waals surface area contributed by atoms with E-state index in [9.17, 15) is 4.79 Å². The molecule has 0 unspecified atom stereocenters. The molecule has 0 N–H and O–H groups in total.